The molecule has 0 aliphatic carbocycles. The summed E-state index contributed by atoms with van der Waals surface area (Å²) < 4.78 is 14.4. The molecule has 94 valence electrons. The number of halogens is 2. The summed E-state index contributed by atoms with van der Waals surface area (Å²) in [6.07, 6.45) is 4.72. The first kappa shape index (κ1) is 13.2. The van der Waals surface area contributed by atoms with Gasteiger partial charge < -0.3 is 5.73 Å². The standard InChI is InChI=1S/C14H14BrFN2/c15-12-3-4-14(16)11(7-12)8-13(17)6-10-2-1-5-18-9-10/h1-5,7,9,13H,6,8,17H2. The van der Waals surface area contributed by atoms with E-state index in [1.807, 2.05) is 12.1 Å². The van der Waals surface area contributed by atoms with Crippen molar-refractivity contribution in [2.24, 2.45) is 5.73 Å². The number of rotatable bonds is 4. The zero-order valence-corrected chi connectivity index (χ0v) is 11.4. The first-order valence-electron chi connectivity index (χ1n) is 5.73. The number of aromatic nitrogens is 1. The van der Waals surface area contributed by atoms with Crippen LogP contribution in [0.2, 0.25) is 0 Å². The van der Waals surface area contributed by atoms with Gasteiger partial charge in [-0.15, -0.1) is 0 Å². The van der Waals surface area contributed by atoms with Gasteiger partial charge in [-0.3, -0.25) is 4.98 Å². The van der Waals surface area contributed by atoms with Gasteiger partial charge in [0.1, 0.15) is 5.82 Å². The van der Waals surface area contributed by atoms with E-state index in [-0.39, 0.29) is 11.9 Å². The van der Waals surface area contributed by atoms with Gasteiger partial charge in [-0.2, -0.15) is 0 Å². The largest absolute Gasteiger partial charge is 0.327 e. The predicted octanol–water partition coefficient (Wildman–Crippen LogP) is 3.10. The molecule has 0 radical (unpaired) electrons. The zero-order chi connectivity index (χ0) is 13.0. The Balaban J connectivity index is 2.03. The van der Waals surface area contributed by atoms with E-state index >= 15 is 0 Å². The molecule has 2 aromatic rings. The minimum absolute atomic E-state index is 0.113. The van der Waals surface area contributed by atoms with Gasteiger partial charge in [0, 0.05) is 22.9 Å². The van der Waals surface area contributed by atoms with Crippen LogP contribution in [0.1, 0.15) is 11.1 Å². The predicted molar refractivity (Wildman–Crippen MR) is 73.7 cm³/mol. The molecule has 4 heteroatoms. The Bertz CT molecular complexity index is 516. The summed E-state index contributed by atoms with van der Waals surface area (Å²) in [5.74, 6) is -0.208. The van der Waals surface area contributed by atoms with Gasteiger partial charge in [0.25, 0.3) is 0 Å². The zero-order valence-electron chi connectivity index (χ0n) is 9.81. The summed E-state index contributed by atoms with van der Waals surface area (Å²) in [6.45, 7) is 0. The molecule has 0 saturated carbocycles. The average Bonchev–Trinajstić information content (AvgIpc) is 2.35. The Labute approximate surface area is 114 Å². The lowest BCUT2D eigenvalue weighted by atomic mass is 10.0. The Hall–Kier alpha value is -1.26. The molecule has 2 nitrogen and oxygen atoms in total. The third kappa shape index (κ3) is 3.62. The Morgan fingerprint density at radius 2 is 2.11 bits per heavy atom. The normalized spacial score (nSPS) is 12.4. The molecule has 0 fully saturated rings. The van der Waals surface area contributed by atoms with Gasteiger partial charge in [-0.05, 0) is 48.2 Å². The number of nitrogens with two attached hydrogens (primary N) is 1. The maximum atomic E-state index is 13.6. The van der Waals surface area contributed by atoms with Gasteiger partial charge in [-0.25, -0.2) is 4.39 Å². The molecule has 0 saturated heterocycles. The molecule has 0 aliphatic rings. The fourth-order valence-electron chi connectivity index (χ4n) is 1.88. The first-order valence-corrected chi connectivity index (χ1v) is 6.53. The minimum atomic E-state index is -0.208. The van der Waals surface area contributed by atoms with Crippen molar-refractivity contribution in [3.05, 3.63) is 64.1 Å². The number of benzene rings is 1. The van der Waals surface area contributed by atoms with Crippen molar-refractivity contribution >= 4 is 15.9 Å². The highest BCUT2D eigenvalue weighted by molar-refractivity contribution is 9.10. The molecule has 2 N–H and O–H groups in total. The van der Waals surface area contributed by atoms with Crippen molar-refractivity contribution in [2.75, 3.05) is 0 Å². The molecule has 1 aromatic heterocycles. The van der Waals surface area contributed by atoms with E-state index in [1.165, 1.54) is 6.07 Å². The second-order valence-electron chi connectivity index (χ2n) is 4.27. The summed E-state index contributed by atoms with van der Waals surface area (Å²) in [5, 5.41) is 0. The van der Waals surface area contributed by atoms with E-state index in [0.29, 0.717) is 18.4 Å². The summed E-state index contributed by atoms with van der Waals surface area (Å²) in [4.78, 5) is 4.04. The van der Waals surface area contributed by atoms with Gasteiger partial charge in [0.15, 0.2) is 0 Å². The fraction of sp³-hybridized carbons (Fsp3) is 0.214. The van der Waals surface area contributed by atoms with E-state index in [4.69, 9.17) is 5.73 Å². The molecule has 0 aliphatic heterocycles. The van der Waals surface area contributed by atoms with Crippen LogP contribution in [0.5, 0.6) is 0 Å². The summed E-state index contributed by atoms with van der Waals surface area (Å²) in [6, 6.07) is 8.66. The van der Waals surface area contributed by atoms with Crippen LogP contribution >= 0.6 is 15.9 Å². The maximum absolute atomic E-state index is 13.6. The van der Waals surface area contributed by atoms with Crippen LogP contribution in [-0.4, -0.2) is 11.0 Å². The van der Waals surface area contributed by atoms with Gasteiger partial charge >= 0.3 is 0 Å². The number of pyridine rings is 1. The fourth-order valence-corrected chi connectivity index (χ4v) is 2.28. The topological polar surface area (TPSA) is 38.9 Å². The quantitative estimate of drug-likeness (QED) is 0.942. The highest BCUT2D eigenvalue weighted by Gasteiger charge is 2.09. The van der Waals surface area contributed by atoms with E-state index < -0.39 is 0 Å². The summed E-state index contributed by atoms with van der Waals surface area (Å²) in [7, 11) is 0. The maximum Gasteiger partial charge on any atom is 0.126 e. The van der Waals surface area contributed by atoms with Crippen LogP contribution in [0.4, 0.5) is 4.39 Å². The van der Waals surface area contributed by atoms with E-state index in [9.17, 15) is 4.39 Å². The lowest BCUT2D eigenvalue weighted by molar-refractivity contribution is 0.583. The Morgan fingerprint density at radius 1 is 1.28 bits per heavy atom. The van der Waals surface area contributed by atoms with Crippen LogP contribution in [-0.2, 0) is 12.8 Å². The van der Waals surface area contributed by atoms with Crippen LogP contribution < -0.4 is 5.73 Å². The molecule has 1 atom stereocenters. The van der Waals surface area contributed by atoms with Crippen molar-refractivity contribution in [3.8, 4) is 0 Å². The monoisotopic (exact) mass is 308 g/mol. The lowest BCUT2D eigenvalue weighted by Crippen LogP contribution is -2.26. The second kappa shape index (κ2) is 6.07. The van der Waals surface area contributed by atoms with Crippen LogP contribution in [0.15, 0.2) is 47.2 Å². The van der Waals surface area contributed by atoms with Crippen molar-refractivity contribution < 1.29 is 4.39 Å². The number of nitrogens with zero attached hydrogens (tertiary/aromatic N) is 1. The van der Waals surface area contributed by atoms with Crippen molar-refractivity contribution in [1.29, 1.82) is 0 Å². The van der Waals surface area contributed by atoms with E-state index in [2.05, 4.69) is 20.9 Å². The highest BCUT2D eigenvalue weighted by atomic mass is 79.9. The van der Waals surface area contributed by atoms with Crippen LogP contribution in [0.3, 0.4) is 0 Å². The van der Waals surface area contributed by atoms with E-state index in [1.54, 1.807) is 24.5 Å². The van der Waals surface area contributed by atoms with Crippen molar-refractivity contribution in [1.82, 2.24) is 4.98 Å². The number of hydrogen-bond donors (Lipinski definition) is 1. The van der Waals surface area contributed by atoms with Gasteiger partial charge in [0.05, 0.1) is 0 Å². The summed E-state index contributed by atoms with van der Waals surface area (Å²) in [5.41, 5.74) is 7.76. The summed E-state index contributed by atoms with van der Waals surface area (Å²) >= 11 is 3.34. The molecule has 0 amide bonds. The SMILES string of the molecule is NC(Cc1cccnc1)Cc1cc(Br)ccc1F. The third-order valence-electron chi connectivity index (χ3n) is 2.71. The smallest absolute Gasteiger partial charge is 0.126 e. The molecule has 18 heavy (non-hydrogen) atoms. The molecule has 0 bridgehead atoms. The van der Waals surface area contributed by atoms with Crippen molar-refractivity contribution in [2.45, 2.75) is 18.9 Å². The molecule has 1 heterocycles. The lowest BCUT2D eigenvalue weighted by Gasteiger charge is -2.12. The Kier molecular flexibility index (Phi) is 4.44. The highest BCUT2D eigenvalue weighted by Crippen LogP contribution is 2.17. The molecule has 1 aromatic carbocycles. The van der Waals surface area contributed by atoms with Gasteiger partial charge in [-0.1, -0.05) is 22.0 Å². The Morgan fingerprint density at radius 3 is 2.83 bits per heavy atom. The third-order valence-corrected chi connectivity index (χ3v) is 3.20. The minimum Gasteiger partial charge on any atom is -0.327 e. The van der Waals surface area contributed by atoms with Gasteiger partial charge in [0.2, 0.25) is 0 Å². The molecule has 0 spiro atoms. The molecule has 2 rings (SSSR count). The molecular formula is C14H14BrFN2. The van der Waals surface area contributed by atoms with E-state index in [0.717, 1.165) is 10.0 Å². The molecular weight excluding hydrogens is 295 g/mol. The number of hydrogen-bond acceptors (Lipinski definition) is 2. The first-order chi connectivity index (χ1) is 8.65. The average molecular weight is 309 g/mol. The van der Waals surface area contributed by atoms with Crippen LogP contribution in [0.25, 0.3) is 0 Å². The second-order valence-corrected chi connectivity index (χ2v) is 5.18. The van der Waals surface area contributed by atoms with Crippen molar-refractivity contribution in [3.63, 3.8) is 0 Å². The molecule has 1 unspecified atom stereocenters. The van der Waals surface area contributed by atoms with Crippen LogP contribution in [0, 0.1) is 5.82 Å².